The highest BCUT2D eigenvalue weighted by atomic mass is 16.4. The molecule has 1 aromatic rings. The van der Waals surface area contributed by atoms with Crippen LogP contribution in [-0.2, 0) is 16.6 Å². The van der Waals surface area contributed by atoms with Gasteiger partial charge in [-0.1, -0.05) is 0 Å². The highest BCUT2D eigenvalue weighted by Crippen LogP contribution is 2.01. The average molecular weight is 254 g/mol. The number of nitrogens with one attached hydrogen (secondary N) is 1. The molecule has 0 aliphatic rings. The van der Waals surface area contributed by atoms with Crippen molar-refractivity contribution in [3.8, 4) is 0 Å². The quantitative estimate of drug-likeness (QED) is 0.591. The van der Waals surface area contributed by atoms with Crippen molar-refractivity contribution >= 4 is 17.8 Å². The fourth-order valence-electron chi connectivity index (χ4n) is 1.37. The van der Waals surface area contributed by atoms with E-state index in [2.05, 4.69) is 10.4 Å². The third-order valence-corrected chi connectivity index (χ3v) is 2.34. The number of aryl methyl sites for hydroxylation is 1. The van der Waals surface area contributed by atoms with E-state index in [0.29, 0.717) is 0 Å². The van der Waals surface area contributed by atoms with Crippen LogP contribution >= 0.6 is 0 Å². The minimum Gasteiger partial charge on any atom is -0.480 e. The van der Waals surface area contributed by atoms with E-state index in [9.17, 15) is 14.4 Å². The maximum Gasteiger partial charge on any atom is 0.326 e. The number of aliphatic carboxylic acids is 1. The first-order chi connectivity index (χ1) is 8.41. The first-order valence-electron chi connectivity index (χ1n) is 5.21. The first-order valence-corrected chi connectivity index (χ1v) is 5.21. The number of amides is 2. The van der Waals surface area contributed by atoms with Gasteiger partial charge in [0.05, 0.1) is 0 Å². The van der Waals surface area contributed by atoms with Gasteiger partial charge in [-0.3, -0.25) is 14.3 Å². The third kappa shape index (κ3) is 3.58. The SMILES string of the molecule is Cn1nccc1C(=O)NC(CCC(N)=O)C(=O)O. The second-order valence-corrected chi connectivity index (χ2v) is 3.71. The van der Waals surface area contributed by atoms with Gasteiger partial charge in [0.1, 0.15) is 11.7 Å². The summed E-state index contributed by atoms with van der Waals surface area (Å²) >= 11 is 0. The number of aromatic nitrogens is 2. The second-order valence-electron chi connectivity index (χ2n) is 3.71. The average Bonchev–Trinajstić information content (AvgIpc) is 2.69. The molecule has 1 atom stereocenters. The number of primary amides is 1. The van der Waals surface area contributed by atoms with Crippen molar-refractivity contribution in [1.29, 1.82) is 0 Å². The summed E-state index contributed by atoms with van der Waals surface area (Å²) < 4.78 is 1.32. The van der Waals surface area contributed by atoms with Crippen LogP contribution in [0.2, 0.25) is 0 Å². The summed E-state index contributed by atoms with van der Waals surface area (Å²) in [5.41, 5.74) is 5.17. The molecule has 0 radical (unpaired) electrons. The van der Waals surface area contributed by atoms with Crippen LogP contribution in [0.5, 0.6) is 0 Å². The van der Waals surface area contributed by atoms with Gasteiger partial charge >= 0.3 is 5.97 Å². The Morgan fingerprint density at radius 3 is 2.67 bits per heavy atom. The molecule has 1 aromatic heterocycles. The van der Waals surface area contributed by atoms with E-state index in [-0.39, 0.29) is 18.5 Å². The monoisotopic (exact) mass is 254 g/mol. The minimum absolute atomic E-state index is 0.0474. The molecule has 0 saturated carbocycles. The molecule has 1 heterocycles. The second kappa shape index (κ2) is 5.80. The van der Waals surface area contributed by atoms with Crippen LogP contribution in [0.1, 0.15) is 23.3 Å². The summed E-state index contributed by atoms with van der Waals surface area (Å²) in [6, 6.07) is 0.308. The molecule has 8 heteroatoms. The van der Waals surface area contributed by atoms with Crippen molar-refractivity contribution in [2.75, 3.05) is 0 Å². The van der Waals surface area contributed by atoms with Gasteiger partial charge in [-0.05, 0) is 12.5 Å². The van der Waals surface area contributed by atoms with Crippen LogP contribution in [0.25, 0.3) is 0 Å². The molecule has 0 fully saturated rings. The Balaban J connectivity index is 2.67. The van der Waals surface area contributed by atoms with Gasteiger partial charge in [-0.25, -0.2) is 4.79 Å². The lowest BCUT2D eigenvalue weighted by Gasteiger charge is -2.13. The summed E-state index contributed by atoms with van der Waals surface area (Å²) in [6.07, 6.45) is 1.27. The van der Waals surface area contributed by atoms with E-state index < -0.39 is 23.8 Å². The predicted molar refractivity (Wildman–Crippen MR) is 60.5 cm³/mol. The minimum atomic E-state index is -1.22. The van der Waals surface area contributed by atoms with Crippen LogP contribution in [0.3, 0.4) is 0 Å². The van der Waals surface area contributed by atoms with E-state index in [1.165, 1.54) is 16.9 Å². The van der Waals surface area contributed by atoms with E-state index in [1.807, 2.05) is 0 Å². The van der Waals surface area contributed by atoms with Crippen LogP contribution in [0, 0.1) is 0 Å². The van der Waals surface area contributed by atoms with E-state index in [0.717, 1.165) is 0 Å². The van der Waals surface area contributed by atoms with Crippen molar-refractivity contribution in [1.82, 2.24) is 15.1 Å². The first kappa shape index (κ1) is 13.7. The molecular weight excluding hydrogens is 240 g/mol. The fraction of sp³-hybridized carbons (Fsp3) is 0.400. The Bertz CT molecular complexity index is 468. The highest BCUT2D eigenvalue weighted by molar-refractivity contribution is 5.95. The normalized spacial score (nSPS) is 11.8. The molecule has 18 heavy (non-hydrogen) atoms. The van der Waals surface area contributed by atoms with Crippen molar-refractivity contribution in [2.45, 2.75) is 18.9 Å². The molecule has 0 bridgehead atoms. The molecule has 0 aliphatic carbocycles. The van der Waals surface area contributed by atoms with Crippen LogP contribution in [0.15, 0.2) is 12.3 Å². The molecule has 1 unspecified atom stereocenters. The van der Waals surface area contributed by atoms with E-state index >= 15 is 0 Å². The van der Waals surface area contributed by atoms with Crippen LogP contribution in [0.4, 0.5) is 0 Å². The molecule has 1 rings (SSSR count). The number of rotatable bonds is 6. The highest BCUT2D eigenvalue weighted by Gasteiger charge is 2.22. The lowest BCUT2D eigenvalue weighted by Crippen LogP contribution is -2.42. The van der Waals surface area contributed by atoms with Crippen molar-refractivity contribution in [3.63, 3.8) is 0 Å². The Hall–Kier alpha value is -2.38. The van der Waals surface area contributed by atoms with Gasteiger partial charge in [0.2, 0.25) is 5.91 Å². The smallest absolute Gasteiger partial charge is 0.326 e. The molecular formula is C10H14N4O4. The largest absolute Gasteiger partial charge is 0.480 e. The predicted octanol–water partition coefficient (Wildman–Crippen LogP) is -1.13. The summed E-state index contributed by atoms with van der Waals surface area (Å²) in [4.78, 5) is 33.2. The lowest BCUT2D eigenvalue weighted by molar-refractivity contribution is -0.139. The van der Waals surface area contributed by atoms with Gasteiger partial charge in [0.15, 0.2) is 0 Å². The zero-order valence-corrected chi connectivity index (χ0v) is 9.79. The van der Waals surface area contributed by atoms with Crippen LogP contribution in [-0.4, -0.2) is 38.7 Å². The number of carboxylic acid groups (broad SMARTS) is 1. The molecule has 8 nitrogen and oxygen atoms in total. The number of nitrogens with two attached hydrogens (primary N) is 1. The number of carbonyl (C=O) groups excluding carboxylic acids is 2. The van der Waals surface area contributed by atoms with Gasteiger partial charge in [-0.2, -0.15) is 5.10 Å². The molecule has 0 aliphatic heterocycles. The van der Waals surface area contributed by atoms with Gasteiger partial charge in [-0.15, -0.1) is 0 Å². The van der Waals surface area contributed by atoms with Gasteiger partial charge in [0.25, 0.3) is 5.91 Å². The van der Waals surface area contributed by atoms with Gasteiger partial charge in [0, 0.05) is 19.7 Å². The zero-order chi connectivity index (χ0) is 13.7. The maximum atomic E-state index is 11.7. The summed E-state index contributed by atoms with van der Waals surface area (Å²) in [5.74, 6) is -2.39. The maximum absolute atomic E-state index is 11.7. The van der Waals surface area contributed by atoms with Crippen molar-refractivity contribution < 1.29 is 19.5 Å². The van der Waals surface area contributed by atoms with Crippen molar-refractivity contribution in [3.05, 3.63) is 18.0 Å². The van der Waals surface area contributed by atoms with E-state index in [1.54, 1.807) is 7.05 Å². The number of hydrogen-bond acceptors (Lipinski definition) is 4. The molecule has 0 saturated heterocycles. The Morgan fingerprint density at radius 1 is 1.56 bits per heavy atom. The molecule has 2 amide bonds. The number of hydrogen-bond donors (Lipinski definition) is 3. The fourth-order valence-corrected chi connectivity index (χ4v) is 1.37. The Labute approximate surface area is 103 Å². The lowest BCUT2D eigenvalue weighted by atomic mass is 10.1. The molecule has 4 N–H and O–H groups in total. The summed E-state index contributed by atoms with van der Waals surface area (Å²) in [6.45, 7) is 0. The number of carbonyl (C=O) groups is 3. The summed E-state index contributed by atoms with van der Waals surface area (Å²) in [5, 5.41) is 15.0. The number of nitrogens with zero attached hydrogens (tertiary/aromatic N) is 2. The Morgan fingerprint density at radius 2 is 2.22 bits per heavy atom. The topological polar surface area (TPSA) is 127 Å². The van der Waals surface area contributed by atoms with Crippen LogP contribution < -0.4 is 11.1 Å². The molecule has 0 aromatic carbocycles. The molecule has 0 spiro atoms. The Kier molecular flexibility index (Phi) is 4.41. The van der Waals surface area contributed by atoms with E-state index in [4.69, 9.17) is 10.8 Å². The third-order valence-electron chi connectivity index (χ3n) is 2.34. The van der Waals surface area contributed by atoms with Crippen molar-refractivity contribution in [2.24, 2.45) is 12.8 Å². The standard InChI is InChI=1S/C10H14N4O4/c1-14-7(4-5-12-14)9(16)13-6(10(17)18)2-3-8(11)15/h4-6H,2-3H2,1H3,(H2,11,15)(H,13,16)(H,17,18). The number of carboxylic acids is 1. The molecule has 98 valence electrons. The zero-order valence-electron chi connectivity index (χ0n) is 9.79. The van der Waals surface area contributed by atoms with Gasteiger partial charge < -0.3 is 16.2 Å². The summed E-state index contributed by atoms with van der Waals surface area (Å²) in [7, 11) is 1.56.